The first-order chi connectivity index (χ1) is 10.1. The largest absolute Gasteiger partial charge is 0.343 e. The molecule has 1 saturated carbocycles. The lowest BCUT2D eigenvalue weighted by molar-refractivity contribution is -0.132. The van der Waals surface area contributed by atoms with Gasteiger partial charge in [-0.3, -0.25) is 4.79 Å². The molecule has 0 saturated heterocycles. The van der Waals surface area contributed by atoms with E-state index in [1.54, 1.807) is 0 Å². The molecule has 21 heavy (non-hydrogen) atoms. The average molecular weight is 288 g/mol. The highest BCUT2D eigenvalue weighted by Gasteiger charge is 2.25. The molecule has 0 atom stereocenters. The van der Waals surface area contributed by atoms with Gasteiger partial charge in [0.25, 0.3) is 0 Å². The fourth-order valence-corrected chi connectivity index (χ4v) is 3.14. The van der Waals surface area contributed by atoms with E-state index in [0.29, 0.717) is 18.5 Å². The summed E-state index contributed by atoms with van der Waals surface area (Å²) < 4.78 is 0. The van der Waals surface area contributed by atoms with Gasteiger partial charge in [0.2, 0.25) is 5.91 Å². The first kappa shape index (κ1) is 16.0. The Morgan fingerprint density at radius 3 is 2.38 bits per heavy atom. The smallest absolute Gasteiger partial charge is 0.222 e. The minimum atomic E-state index is 0.281. The van der Waals surface area contributed by atoms with Crippen molar-refractivity contribution in [1.29, 1.82) is 0 Å². The molecule has 1 aromatic carbocycles. The van der Waals surface area contributed by atoms with Crippen LogP contribution in [-0.4, -0.2) is 37.0 Å². The van der Waals surface area contributed by atoms with Crippen LogP contribution in [0.2, 0.25) is 0 Å². The second-order valence-electron chi connectivity index (χ2n) is 6.28. The van der Waals surface area contributed by atoms with E-state index in [1.165, 1.54) is 24.0 Å². The van der Waals surface area contributed by atoms with E-state index in [2.05, 4.69) is 36.5 Å². The lowest BCUT2D eigenvalue weighted by atomic mass is 9.90. The molecule has 0 aromatic heterocycles. The molecular formula is C18H28N2O. The molecule has 0 unspecified atom stereocenters. The molecule has 1 fully saturated rings. The molecule has 3 nitrogen and oxygen atoms in total. The summed E-state index contributed by atoms with van der Waals surface area (Å²) >= 11 is 0. The van der Waals surface area contributed by atoms with E-state index >= 15 is 0 Å². The van der Waals surface area contributed by atoms with Gasteiger partial charge in [0, 0.05) is 25.6 Å². The van der Waals surface area contributed by atoms with E-state index in [0.717, 1.165) is 19.3 Å². The quantitative estimate of drug-likeness (QED) is 0.903. The van der Waals surface area contributed by atoms with Gasteiger partial charge in [0.05, 0.1) is 0 Å². The number of nitrogens with zero attached hydrogens (tertiary/aromatic N) is 1. The maximum Gasteiger partial charge on any atom is 0.222 e. The molecule has 2 rings (SSSR count). The fourth-order valence-electron chi connectivity index (χ4n) is 3.14. The van der Waals surface area contributed by atoms with Gasteiger partial charge in [-0.25, -0.2) is 0 Å². The third-order valence-electron chi connectivity index (χ3n) is 4.79. The van der Waals surface area contributed by atoms with Crippen molar-refractivity contribution in [2.75, 3.05) is 14.1 Å². The molecule has 116 valence electrons. The Morgan fingerprint density at radius 1 is 1.19 bits per heavy atom. The van der Waals surface area contributed by atoms with Crippen molar-refractivity contribution >= 4 is 5.91 Å². The predicted octanol–water partition coefficient (Wildman–Crippen LogP) is 2.92. The Hall–Kier alpha value is -1.35. The van der Waals surface area contributed by atoms with E-state index in [1.807, 2.05) is 19.0 Å². The highest BCUT2D eigenvalue weighted by molar-refractivity contribution is 5.76. The Morgan fingerprint density at radius 2 is 1.81 bits per heavy atom. The number of hydrogen-bond acceptors (Lipinski definition) is 2. The van der Waals surface area contributed by atoms with E-state index < -0.39 is 0 Å². The molecule has 0 heterocycles. The van der Waals surface area contributed by atoms with Crippen molar-refractivity contribution in [3.05, 3.63) is 35.4 Å². The summed E-state index contributed by atoms with van der Waals surface area (Å²) in [5, 5.41) is 3.34. The maximum absolute atomic E-state index is 12.3. The van der Waals surface area contributed by atoms with Crippen LogP contribution >= 0.6 is 0 Å². The third-order valence-corrected chi connectivity index (χ3v) is 4.79. The van der Waals surface area contributed by atoms with E-state index in [-0.39, 0.29) is 5.91 Å². The van der Waals surface area contributed by atoms with Crippen LogP contribution in [0.1, 0.15) is 43.2 Å². The molecule has 0 spiro atoms. The molecule has 1 N–H and O–H groups in total. The zero-order valence-corrected chi connectivity index (χ0v) is 13.6. The first-order valence-corrected chi connectivity index (χ1v) is 8.08. The van der Waals surface area contributed by atoms with Crippen molar-refractivity contribution in [2.24, 2.45) is 0 Å². The number of hydrogen-bond donors (Lipinski definition) is 1. The summed E-state index contributed by atoms with van der Waals surface area (Å²) in [6.45, 7) is 2.09. The Kier molecular flexibility index (Phi) is 5.80. The van der Waals surface area contributed by atoms with Crippen LogP contribution in [-0.2, 0) is 11.2 Å². The minimum Gasteiger partial charge on any atom is -0.343 e. The standard InChI is InChI=1S/C18H28N2O/c1-14-4-6-15(7-5-14)8-13-18(21)20(3)17-11-9-16(19-2)10-12-17/h4-7,16-17,19H,8-13H2,1-3H3. The number of benzene rings is 1. The summed E-state index contributed by atoms with van der Waals surface area (Å²) in [5.41, 5.74) is 2.52. The summed E-state index contributed by atoms with van der Waals surface area (Å²) in [6, 6.07) is 9.55. The average Bonchev–Trinajstić information content (AvgIpc) is 2.53. The van der Waals surface area contributed by atoms with Crippen molar-refractivity contribution in [3.63, 3.8) is 0 Å². The van der Waals surface area contributed by atoms with Gasteiger partial charge in [0.1, 0.15) is 0 Å². The molecule has 1 aliphatic carbocycles. The van der Waals surface area contributed by atoms with Crippen LogP contribution < -0.4 is 5.32 Å². The zero-order chi connectivity index (χ0) is 15.2. The topological polar surface area (TPSA) is 32.3 Å². The summed E-state index contributed by atoms with van der Waals surface area (Å²) in [4.78, 5) is 14.3. The van der Waals surface area contributed by atoms with Gasteiger partial charge in [-0.2, -0.15) is 0 Å². The normalized spacial score (nSPS) is 22.0. The van der Waals surface area contributed by atoms with Crippen molar-refractivity contribution in [3.8, 4) is 0 Å². The van der Waals surface area contributed by atoms with E-state index in [4.69, 9.17) is 0 Å². The third kappa shape index (κ3) is 4.57. The predicted molar refractivity (Wildman–Crippen MR) is 87.4 cm³/mol. The van der Waals surface area contributed by atoms with E-state index in [9.17, 15) is 4.79 Å². The van der Waals surface area contributed by atoms with Crippen LogP contribution in [0.4, 0.5) is 0 Å². The Labute approximate surface area is 128 Å². The highest BCUT2D eigenvalue weighted by Crippen LogP contribution is 2.22. The summed E-state index contributed by atoms with van der Waals surface area (Å²) in [7, 11) is 4.00. The number of rotatable bonds is 5. The van der Waals surface area contributed by atoms with Crippen LogP contribution in [0.15, 0.2) is 24.3 Å². The van der Waals surface area contributed by atoms with Gasteiger partial charge in [-0.05, 0) is 51.6 Å². The van der Waals surface area contributed by atoms with Crippen molar-refractivity contribution in [1.82, 2.24) is 10.2 Å². The Balaban J connectivity index is 1.78. The molecule has 0 radical (unpaired) electrons. The summed E-state index contributed by atoms with van der Waals surface area (Å²) in [6.07, 6.45) is 6.06. The monoisotopic (exact) mass is 288 g/mol. The highest BCUT2D eigenvalue weighted by atomic mass is 16.2. The van der Waals surface area contributed by atoms with Crippen LogP contribution in [0.25, 0.3) is 0 Å². The van der Waals surface area contributed by atoms with Crippen molar-refractivity contribution in [2.45, 2.75) is 57.5 Å². The maximum atomic E-state index is 12.3. The minimum absolute atomic E-state index is 0.281. The van der Waals surface area contributed by atoms with Crippen LogP contribution in [0.3, 0.4) is 0 Å². The molecule has 0 aliphatic heterocycles. The molecule has 1 amide bonds. The number of carbonyl (C=O) groups excluding carboxylic acids is 1. The van der Waals surface area contributed by atoms with Gasteiger partial charge in [-0.15, -0.1) is 0 Å². The first-order valence-electron chi connectivity index (χ1n) is 8.08. The van der Waals surface area contributed by atoms with Gasteiger partial charge >= 0.3 is 0 Å². The van der Waals surface area contributed by atoms with Gasteiger partial charge < -0.3 is 10.2 Å². The molecule has 1 aromatic rings. The number of carbonyl (C=O) groups is 1. The summed E-state index contributed by atoms with van der Waals surface area (Å²) in [5.74, 6) is 0.281. The second kappa shape index (κ2) is 7.60. The van der Waals surface area contributed by atoms with Crippen LogP contribution in [0.5, 0.6) is 0 Å². The lowest BCUT2D eigenvalue weighted by Gasteiger charge is -2.34. The van der Waals surface area contributed by atoms with Crippen molar-refractivity contribution < 1.29 is 4.79 Å². The van der Waals surface area contributed by atoms with Gasteiger partial charge in [-0.1, -0.05) is 29.8 Å². The molecule has 1 aliphatic rings. The number of nitrogens with one attached hydrogen (secondary N) is 1. The fraction of sp³-hybridized carbons (Fsp3) is 0.611. The lowest BCUT2D eigenvalue weighted by Crippen LogP contribution is -2.42. The molecule has 0 bridgehead atoms. The Bertz CT molecular complexity index is 447. The molecular weight excluding hydrogens is 260 g/mol. The second-order valence-corrected chi connectivity index (χ2v) is 6.28. The zero-order valence-electron chi connectivity index (χ0n) is 13.6. The van der Waals surface area contributed by atoms with Crippen LogP contribution in [0, 0.1) is 6.92 Å². The molecule has 3 heteroatoms. The SMILES string of the molecule is CNC1CCC(N(C)C(=O)CCc2ccc(C)cc2)CC1. The van der Waals surface area contributed by atoms with Gasteiger partial charge in [0.15, 0.2) is 0 Å². The number of amides is 1. The number of aryl methyl sites for hydroxylation is 2.